The average molecular weight is 408 g/mol. The van der Waals surface area contributed by atoms with Crippen molar-refractivity contribution in [3.8, 4) is 0 Å². The van der Waals surface area contributed by atoms with Crippen molar-refractivity contribution in [2.45, 2.75) is 25.8 Å². The standard InChI is InChI=1S/C23H26ClN5/c1-15(29-25)23-20-6-5-17(16-7-10-26-11-8-16)13-21(20)22(9-12-27-23)28-19-4-2-3-18(24)14-19/h2-7,13-14,22,25-28H,8-12H2,1H3/b23-15-,29-25?. The van der Waals surface area contributed by atoms with Crippen LogP contribution in [0.25, 0.3) is 11.3 Å². The fourth-order valence-corrected chi connectivity index (χ4v) is 4.25. The maximum Gasteiger partial charge on any atom is 0.0829 e. The summed E-state index contributed by atoms with van der Waals surface area (Å²) in [6.07, 6.45) is 4.23. The third-order valence-electron chi connectivity index (χ3n) is 5.56. The zero-order valence-corrected chi connectivity index (χ0v) is 17.3. The molecule has 29 heavy (non-hydrogen) atoms. The Kier molecular flexibility index (Phi) is 5.97. The SMILES string of the molecule is C/C(N=N)=C1/NCCC(Nc2cccc(Cl)c2)c2cc(C3=CCNCC3)ccc21. The lowest BCUT2D eigenvalue weighted by Crippen LogP contribution is -2.20. The summed E-state index contributed by atoms with van der Waals surface area (Å²) < 4.78 is 0. The van der Waals surface area contributed by atoms with Crippen LogP contribution in [0.3, 0.4) is 0 Å². The summed E-state index contributed by atoms with van der Waals surface area (Å²) in [7, 11) is 0. The van der Waals surface area contributed by atoms with E-state index in [2.05, 4.69) is 45.3 Å². The van der Waals surface area contributed by atoms with Gasteiger partial charge < -0.3 is 16.0 Å². The summed E-state index contributed by atoms with van der Waals surface area (Å²) in [5, 5.41) is 15.0. The van der Waals surface area contributed by atoms with Crippen molar-refractivity contribution in [1.82, 2.24) is 10.6 Å². The van der Waals surface area contributed by atoms with Crippen LogP contribution in [0.4, 0.5) is 5.69 Å². The molecule has 6 heteroatoms. The molecule has 0 bridgehead atoms. The van der Waals surface area contributed by atoms with Crippen molar-refractivity contribution in [3.63, 3.8) is 0 Å². The monoisotopic (exact) mass is 407 g/mol. The van der Waals surface area contributed by atoms with Crippen molar-refractivity contribution in [1.29, 1.82) is 5.53 Å². The van der Waals surface area contributed by atoms with Gasteiger partial charge in [0.25, 0.3) is 0 Å². The molecule has 0 spiro atoms. The second-order valence-corrected chi connectivity index (χ2v) is 7.92. The van der Waals surface area contributed by atoms with E-state index in [0.717, 1.165) is 54.4 Å². The fourth-order valence-electron chi connectivity index (χ4n) is 4.06. The zero-order valence-electron chi connectivity index (χ0n) is 16.6. The van der Waals surface area contributed by atoms with E-state index in [4.69, 9.17) is 17.1 Å². The Hall–Kier alpha value is -2.63. The predicted molar refractivity (Wildman–Crippen MR) is 120 cm³/mol. The molecule has 0 radical (unpaired) electrons. The number of nitrogens with one attached hydrogen (secondary N) is 4. The number of hydrogen-bond donors (Lipinski definition) is 4. The highest BCUT2D eigenvalue weighted by atomic mass is 35.5. The molecular weight excluding hydrogens is 382 g/mol. The van der Waals surface area contributed by atoms with E-state index < -0.39 is 0 Å². The molecule has 2 aromatic rings. The number of allylic oxidation sites excluding steroid dienone is 1. The summed E-state index contributed by atoms with van der Waals surface area (Å²) in [4.78, 5) is 0. The number of rotatable bonds is 4. The third-order valence-corrected chi connectivity index (χ3v) is 5.80. The van der Waals surface area contributed by atoms with Crippen LogP contribution in [-0.4, -0.2) is 19.6 Å². The Morgan fingerprint density at radius 3 is 2.86 bits per heavy atom. The van der Waals surface area contributed by atoms with Crippen LogP contribution in [-0.2, 0) is 0 Å². The van der Waals surface area contributed by atoms with Crippen LogP contribution >= 0.6 is 11.6 Å². The van der Waals surface area contributed by atoms with Crippen LogP contribution in [0.5, 0.6) is 0 Å². The molecule has 0 aromatic heterocycles. The molecule has 2 aliphatic rings. The van der Waals surface area contributed by atoms with Gasteiger partial charge in [-0.1, -0.05) is 35.9 Å². The quantitative estimate of drug-likeness (QED) is 0.499. The molecule has 0 amide bonds. The minimum atomic E-state index is 0.134. The lowest BCUT2D eigenvalue weighted by molar-refractivity contribution is 0.682. The molecule has 5 nitrogen and oxygen atoms in total. The molecule has 0 saturated heterocycles. The van der Waals surface area contributed by atoms with Gasteiger partial charge in [-0.25, -0.2) is 5.53 Å². The first-order valence-corrected chi connectivity index (χ1v) is 10.4. The van der Waals surface area contributed by atoms with Gasteiger partial charge in [0.15, 0.2) is 0 Å². The number of anilines is 1. The molecule has 1 unspecified atom stereocenters. The van der Waals surface area contributed by atoms with Crippen molar-refractivity contribution >= 4 is 28.6 Å². The third kappa shape index (κ3) is 4.36. The minimum Gasteiger partial charge on any atom is -0.383 e. The van der Waals surface area contributed by atoms with E-state index in [0.29, 0.717) is 5.70 Å². The number of halogens is 1. The zero-order chi connectivity index (χ0) is 20.2. The van der Waals surface area contributed by atoms with Crippen LogP contribution in [0, 0.1) is 5.53 Å². The topological polar surface area (TPSA) is 72.3 Å². The number of benzene rings is 2. The van der Waals surface area contributed by atoms with E-state index in [1.54, 1.807) is 0 Å². The van der Waals surface area contributed by atoms with Gasteiger partial charge in [-0.2, -0.15) is 5.11 Å². The Balaban J connectivity index is 1.79. The van der Waals surface area contributed by atoms with Crippen molar-refractivity contribution < 1.29 is 0 Å². The van der Waals surface area contributed by atoms with Crippen molar-refractivity contribution in [3.05, 3.63) is 76.0 Å². The van der Waals surface area contributed by atoms with Gasteiger partial charge in [-0.3, -0.25) is 0 Å². The normalized spacial score (nSPS) is 20.6. The first-order valence-electron chi connectivity index (χ1n) is 10.0. The first-order chi connectivity index (χ1) is 14.2. The molecule has 0 fully saturated rings. The molecule has 2 aliphatic heterocycles. The van der Waals surface area contributed by atoms with Crippen LogP contribution in [0.15, 0.2) is 59.4 Å². The van der Waals surface area contributed by atoms with Gasteiger partial charge >= 0.3 is 0 Å². The molecule has 4 N–H and O–H groups in total. The van der Waals surface area contributed by atoms with Crippen molar-refractivity contribution in [2.75, 3.05) is 25.0 Å². The molecular formula is C23H26ClN5. The Bertz CT molecular complexity index is 979. The van der Waals surface area contributed by atoms with E-state index in [9.17, 15) is 0 Å². The first kappa shape index (κ1) is 19.7. The lowest BCUT2D eigenvalue weighted by Gasteiger charge is -2.23. The van der Waals surface area contributed by atoms with E-state index in [1.807, 2.05) is 31.2 Å². The minimum absolute atomic E-state index is 0.134. The maximum atomic E-state index is 7.49. The number of hydrogen-bond acceptors (Lipinski definition) is 5. The molecule has 0 aliphatic carbocycles. The van der Waals surface area contributed by atoms with Crippen LogP contribution < -0.4 is 16.0 Å². The average Bonchev–Trinajstić information content (AvgIpc) is 2.93. The Labute approximate surface area is 176 Å². The summed E-state index contributed by atoms with van der Waals surface area (Å²) in [5.74, 6) is 0. The van der Waals surface area contributed by atoms with E-state index >= 15 is 0 Å². The summed E-state index contributed by atoms with van der Waals surface area (Å²) in [6, 6.07) is 14.7. The highest BCUT2D eigenvalue weighted by Crippen LogP contribution is 2.35. The second-order valence-electron chi connectivity index (χ2n) is 7.48. The predicted octanol–water partition coefficient (Wildman–Crippen LogP) is 5.58. The van der Waals surface area contributed by atoms with Crippen LogP contribution in [0.2, 0.25) is 5.02 Å². The second kappa shape index (κ2) is 8.80. The van der Waals surface area contributed by atoms with Gasteiger partial charge in [-0.05, 0) is 67.3 Å². The molecule has 1 atom stereocenters. The summed E-state index contributed by atoms with van der Waals surface area (Å²) >= 11 is 6.20. The molecule has 150 valence electrons. The van der Waals surface area contributed by atoms with Crippen molar-refractivity contribution in [2.24, 2.45) is 5.11 Å². The summed E-state index contributed by atoms with van der Waals surface area (Å²) in [6.45, 7) is 4.61. The summed E-state index contributed by atoms with van der Waals surface area (Å²) in [5.41, 5.74) is 15.1. The van der Waals surface area contributed by atoms with Gasteiger partial charge in [-0.15, -0.1) is 0 Å². The van der Waals surface area contributed by atoms with E-state index in [1.165, 1.54) is 16.7 Å². The fraction of sp³-hybridized carbons (Fsp3) is 0.304. The van der Waals surface area contributed by atoms with E-state index in [-0.39, 0.29) is 6.04 Å². The smallest absolute Gasteiger partial charge is 0.0829 e. The lowest BCUT2D eigenvalue weighted by atomic mass is 9.91. The van der Waals surface area contributed by atoms with Gasteiger partial charge in [0, 0.05) is 29.4 Å². The number of nitrogens with zero attached hydrogens (tertiary/aromatic N) is 1. The van der Waals surface area contributed by atoms with Gasteiger partial charge in [0.05, 0.1) is 17.4 Å². The largest absolute Gasteiger partial charge is 0.383 e. The van der Waals surface area contributed by atoms with Crippen LogP contribution in [0.1, 0.15) is 42.5 Å². The molecule has 2 aromatic carbocycles. The van der Waals surface area contributed by atoms with Gasteiger partial charge in [0.2, 0.25) is 0 Å². The molecule has 4 rings (SSSR count). The highest BCUT2D eigenvalue weighted by Gasteiger charge is 2.23. The Morgan fingerprint density at radius 2 is 2.10 bits per heavy atom. The Morgan fingerprint density at radius 1 is 1.21 bits per heavy atom. The highest BCUT2D eigenvalue weighted by molar-refractivity contribution is 6.30. The molecule has 2 heterocycles. The van der Waals surface area contributed by atoms with Gasteiger partial charge in [0.1, 0.15) is 0 Å². The maximum absolute atomic E-state index is 7.49. The number of fused-ring (bicyclic) bond motifs is 1. The molecule has 0 saturated carbocycles.